The van der Waals surface area contributed by atoms with E-state index in [9.17, 15) is 9.59 Å². The maximum absolute atomic E-state index is 12.5. The summed E-state index contributed by atoms with van der Waals surface area (Å²) in [5.41, 5.74) is 2.99. The van der Waals surface area contributed by atoms with Gasteiger partial charge in [-0.15, -0.1) is 10.2 Å². The number of benzene rings is 1. The number of nitrogens with zero attached hydrogens (tertiary/aromatic N) is 4. The Morgan fingerprint density at radius 1 is 1.21 bits per heavy atom. The summed E-state index contributed by atoms with van der Waals surface area (Å²) < 4.78 is 7.17. The lowest BCUT2D eigenvalue weighted by Crippen LogP contribution is -2.41. The molecule has 0 aliphatic carbocycles. The molecule has 29 heavy (non-hydrogen) atoms. The molecule has 1 fully saturated rings. The Bertz CT molecular complexity index is 877. The summed E-state index contributed by atoms with van der Waals surface area (Å²) in [6.07, 6.45) is 0.131. The van der Waals surface area contributed by atoms with Gasteiger partial charge in [-0.1, -0.05) is 23.9 Å². The molecule has 1 aliphatic rings. The zero-order chi connectivity index (χ0) is 20.8. The molecule has 156 valence electrons. The Balaban J connectivity index is 1.60. The van der Waals surface area contributed by atoms with Crippen molar-refractivity contribution < 1.29 is 14.3 Å². The zero-order valence-electron chi connectivity index (χ0n) is 17.1. The molecule has 2 amide bonds. The monoisotopic (exact) mass is 417 g/mol. The van der Waals surface area contributed by atoms with Crippen LogP contribution in [0.5, 0.6) is 0 Å². The number of rotatable bonds is 7. The average molecular weight is 418 g/mol. The van der Waals surface area contributed by atoms with Crippen LogP contribution in [0, 0.1) is 13.8 Å². The molecule has 0 atom stereocenters. The Labute approximate surface area is 175 Å². The normalized spacial score (nSPS) is 14.1. The quantitative estimate of drug-likeness (QED) is 0.694. The lowest BCUT2D eigenvalue weighted by molar-refractivity contribution is -0.132. The SMILES string of the molecule is CCn1c(CC(=O)Nc2cccc(C)c2C)nnc1SCC(=O)N1CCOCC1. The number of morpholine rings is 1. The Morgan fingerprint density at radius 3 is 2.69 bits per heavy atom. The van der Waals surface area contributed by atoms with Gasteiger partial charge in [-0.2, -0.15) is 0 Å². The van der Waals surface area contributed by atoms with Crippen molar-refractivity contribution in [3.63, 3.8) is 0 Å². The third-order valence-corrected chi connectivity index (χ3v) is 5.95. The predicted octanol–water partition coefficient (Wildman–Crippen LogP) is 2.05. The van der Waals surface area contributed by atoms with Crippen LogP contribution >= 0.6 is 11.8 Å². The summed E-state index contributed by atoms with van der Waals surface area (Å²) in [4.78, 5) is 26.7. The van der Waals surface area contributed by atoms with E-state index in [-0.39, 0.29) is 18.2 Å². The molecule has 8 nitrogen and oxygen atoms in total. The minimum absolute atomic E-state index is 0.0677. The van der Waals surface area contributed by atoms with Gasteiger partial charge in [-0.05, 0) is 38.0 Å². The molecule has 1 saturated heterocycles. The second kappa shape index (κ2) is 9.89. The number of carbonyl (C=O) groups excluding carboxylic acids is 2. The molecule has 9 heteroatoms. The van der Waals surface area contributed by atoms with Crippen LogP contribution in [-0.4, -0.2) is 63.5 Å². The number of nitrogens with one attached hydrogen (secondary N) is 1. The molecular weight excluding hydrogens is 390 g/mol. The molecular formula is C20H27N5O3S. The third-order valence-electron chi connectivity index (χ3n) is 5.00. The van der Waals surface area contributed by atoms with Crippen LogP contribution in [0.15, 0.2) is 23.4 Å². The van der Waals surface area contributed by atoms with Gasteiger partial charge in [0.2, 0.25) is 11.8 Å². The Kier molecular flexibility index (Phi) is 7.27. The number of amides is 2. The number of carbonyl (C=O) groups is 2. The molecule has 1 aliphatic heterocycles. The van der Waals surface area contributed by atoms with Crippen LogP contribution < -0.4 is 5.32 Å². The molecule has 1 N–H and O–H groups in total. The van der Waals surface area contributed by atoms with Crippen molar-refractivity contribution in [1.29, 1.82) is 0 Å². The fourth-order valence-electron chi connectivity index (χ4n) is 3.13. The second-order valence-electron chi connectivity index (χ2n) is 6.90. The number of anilines is 1. The Morgan fingerprint density at radius 2 is 1.97 bits per heavy atom. The van der Waals surface area contributed by atoms with E-state index < -0.39 is 0 Å². The van der Waals surface area contributed by atoms with Crippen LogP contribution in [0.1, 0.15) is 23.9 Å². The molecule has 0 saturated carbocycles. The highest BCUT2D eigenvalue weighted by Crippen LogP contribution is 2.20. The van der Waals surface area contributed by atoms with E-state index >= 15 is 0 Å². The van der Waals surface area contributed by atoms with Gasteiger partial charge in [-0.25, -0.2) is 0 Å². The maximum atomic E-state index is 12.5. The van der Waals surface area contributed by atoms with Gasteiger partial charge < -0.3 is 19.5 Å². The van der Waals surface area contributed by atoms with Crippen molar-refractivity contribution in [2.45, 2.75) is 38.9 Å². The molecule has 2 aromatic rings. The first kappa shape index (κ1) is 21.3. The first-order valence-corrected chi connectivity index (χ1v) is 10.7. The van der Waals surface area contributed by atoms with Crippen molar-refractivity contribution in [1.82, 2.24) is 19.7 Å². The van der Waals surface area contributed by atoms with Gasteiger partial charge in [-0.3, -0.25) is 9.59 Å². The van der Waals surface area contributed by atoms with Crippen LogP contribution in [0.25, 0.3) is 0 Å². The number of hydrogen-bond donors (Lipinski definition) is 1. The standard InChI is InChI=1S/C20H27N5O3S/c1-4-25-17(12-18(26)21-16-7-5-6-14(2)15(16)3)22-23-20(25)29-13-19(27)24-8-10-28-11-9-24/h5-7H,4,8-13H2,1-3H3,(H,21,26). The highest BCUT2D eigenvalue weighted by molar-refractivity contribution is 7.99. The summed E-state index contributed by atoms with van der Waals surface area (Å²) in [6.45, 7) is 9.03. The fraction of sp³-hybridized carbons (Fsp3) is 0.500. The molecule has 0 unspecified atom stereocenters. The van der Waals surface area contributed by atoms with E-state index in [2.05, 4.69) is 15.5 Å². The van der Waals surface area contributed by atoms with Crippen molar-refractivity contribution in [3.8, 4) is 0 Å². The number of ether oxygens (including phenoxy) is 1. The van der Waals surface area contributed by atoms with Crippen LogP contribution in [0.3, 0.4) is 0 Å². The molecule has 0 spiro atoms. The summed E-state index contributed by atoms with van der Waals surface area (Å²) >= 11 is 1.36. The van der Waals surface area contributed by atoms with Gasteiger partial charge >= 0.3 is 0 Å². The van der Waals surface area contributed by atoms with E-state index in [0.717, 1.165) is 16.8 Å². The predicted molar refractivity (Wildman–Crippen MR) is 112 cm³/mol. The minimum atomic E-state index is -0.137. The average Bonchev–Trinajstić information content (AvgIpc) is 3.11. The number of thioether (sulfide) groups is 1. The Hall–Kier alpha value is -2.39. The van der Waals surface area contributed by atoms with E-state index in [1.54, 1.807) is 0 Å². The number of aromatic nitrogens is 3. The molecule has 1 aromatic carbocycles. The summed E-state index contributed by atoms with van der Waals surface area (Å²) in [5.74, 6) is 0.823. The van der Waals surface area contributed by atoms with E-state index in [1.165, 1.54) is 11.8 Å². The van der Waals surface area contributed by atoms with E-state index in [0.29, 0.717) is 49.6 Å². The van der Waals surface area contributed by atoms with Crippen LogP contribution in [0.4, 0.5) is 5.69 Å². The minimum Gasteiger partial charge on any atom is -0.378 e. The van der Waals surface area contributed by atoms with Crippen LogP contribution in [0.2, 0.25) is 0 Å². The largest absolute Gasteiger partial charge is 0.378 e. The van der Waals surface area contributed by atoms with Crippen LogP contribution in [-0.2, 0) is 27.3 Å². The van der Waals surface area contributed by atoms with Crippen molar-refractivity contribution in [2.24, 2.45) is 0 Å². The summed E-state index contributed by atoms with van der Waals surface area (Å²) in [5, 5.41) is 12.0. The molecule has 0 radical (unpaired) electrons. The molecule has 0 bridgehead atoms. The highest BCUT2D eigenvalue weighted by Gasteiger charge is 2.20. The van der Waals surface area contributed by atoms with Gasteiger partial charge in [0.15, 0.2) is 5.16 Å². The smallest absolute Gasteiger partial charge is 0.233 e. The summed E-state index contributed by atoms with van der Waals surface area (Å²) in [7, 11) is 0. The number of hydrogen-bond acceptors (Lipinski definition) is 6. The van der Waals surface area contributed by atoms with Gasteiger partial charge in [0.25, 0.3) is 0 Å². The van der Waals surface area contributed by atoms with Gasteiger partial charge in [0.1, 0.15) is 5.82 Å². The lowest BCUT2D eigenvalue weighted by Gasteiger charge is -2.26. The maximum Gasteiger partial charge on any atom is 0.233 e. The topological polar surface area (TPSA) is 89.3 Å². The van der Waals surface area contributed by atoms with Crippen molar-refractivity contribution in [2.75, 3.05) is 37.4 Å². The van der Waals surface area contributed by atoms with E-state index in [4.69, 9.17) is 4.74 Å². The zero-order valence-corrected chi connectivity index (χ0v) is 17.9. The third kappa shape index (κ3) is 5.36. The van der Waals surface area contributed by atoms with E-state index in [1.807, 2.05) is 48.4 Å². The highest BCUT2D eigenvalue weighted by atomic mass is 32.2. The lowest BCUT2D eigenvalue weighted by atomic mass is 10.1. The molecule has 3 rings (SSSR count). The van der Waals surface area contributed by atoms with Crippen molar-refractivity contribution in [3.05, 3.63) is 35.2 Å². The molecule has 2 heterocycles. The van der Waals surface area contributed by atoms with Crippen molar-refractivity contribution >= 4 is 29.3 Å². The second-order valence-corrected chi connectivity index (χ2v) is 7.84. The molecule has 1 aromatic heterocycles. The number of aryl methyl sites for hydroxylation is 1. The van der Waals surface area contributed by atoms with Gasteiger partial charge in [0.05, 0.1) is 25.4 Å². The first-order chi connectivity index (χ1) is 14.0. The summed E-state index contributed by atoms with van der Waals surface area (Å²) in [6, 6.07) is 5.83. The fourth-order valence-corrected chi connectivity index (χ4v) is 4.05. The van der Waals surface area contributed by atoms with Gasteiger partial charge in [0, 0.05) is 25.3 Å². The first-order valence-electron chi connectivity index (χ1n) is 9.76.